The van der Waals surface area contributed by atoms with E-state index < -0.39 is 10.0 Å². The first-order chi connectivity index (χ1) is 15.9. The predicted molar refractivity (Wildman–Crippen MR) is 126 cm³/mol. The van der Waals surface area contributed by atoms with E-state index in [0.29, 0.717) is 18.0 Å². The number of ether oxygens (including phenoxy) is 1. The molecule has 2 N–H and O–H groups in total. The van der Waals surface area contributed by atoms with Crippen molar-refractivity contribution in [3.05, 3.63) is 71.9 Å². The largest absolute Gasteiger partial charge is 0.484 e. The zero-order chi connectivity index (χ0) is 23.7. The molecule has 2 aromatic heterocycles. The third kappa shape index (κ3) is 7.02. The highest BCUT2D eigenvalue weighted by molar-refractivity contribution is 7.94. The van der Waals surface area contributed by atoms with Gasteiger partial charge in [0.15, 0.2) is 6.61 Å². The van der Waals surface area contributed by atoms with Gasteiger partial charge in [-0.2, -0.15) is 0 Å². The van der Waals surface area contributed by atoms with Crippen LogP contribution in [0.1, 0.15) is 12.0 Å². The lowest BCUT2D eigenvalue weighted by atomic mass is 10.2. The maximum Gasteiger partial charge on any atom is 0.273 e. The molecule has 174 valence electrons. The number of nitrogens with zero attached hydrogens (tertiary/aromatic N) is 2. The molecular formula is C22H24N4O5S2. The molecule has 2 heterocycles. The summed E-state index contributed by atoms with van der Waals surface area (Å²) < 4.78 is 32.0. The molecule has 3 rings (SSSR count). The van der Waals surface area contributed by atoms with Crippen LogP contribution in [0, 0.1) is 0 Å². The summed E-state index contributed by atoms with van der Waals surface area (Å²) in [5.41, 5.74) is 1.41. The van der Waals surface area contributed by atoms with Gasteiger partial charge in [-0.15, -0.1) is 11.3 Å². The van der Waals surface area contributed by atoms with Crippen molar-refractivity contribution in [3.63, 3.8) is 0 Å². The maximum absolute atomic E-state index is 12.6. The molecule has 0 aliphatic heterocycles. The van der Waals surface area contributed by atoms with Crippen LogP contribution in [0.5, 0.6) is 5.75 Å². The van der Waals surface area contributed by atoms with Crippen LogP contribution in [-0.4, -0.2) is 45.4 Å². The van der Waals surface area contributed by atoms with Crippen LogP contribution < -0.4 is 19.7 Å². The molecule has 1 aromatic carbocycles. The Hall–Kier alpha value is -3.44. The van der Waals surface area contributed by atoms with E-state index in [1.165, 1.54) is 11.4 Å². The summed E-state index contributed by atoms with van der Waals surface area (Å²) >= 11 is 1.15. The highest BCUT2D eigenvalue weighted by atomic mass is 32.2. The summed E-state index contributed by atoms with van der Waals surface area (Å²) in [4.78, 5) is 27.7. The lowest BCUT2D eigenvalue weighted by molar-refractivity contribution is -0.123. The molecule has 0 saturated heterocycles. The number of hydrogen-bond acceptors (Lipinski definition) is 7. The number of sulfonamides is 1. The van der Waals surface area contributed by atoms with E-state index in [2.05, 4.69) is 15.6 Å². The fraction of sp³-hybridized carbons (Fsp3) is 0.227. The Kier molecular flexibility index (Phi) is 8.39. The molecule has 9 nitrogen and oxygen atoms in total. The summed E-state index contributed by atoms with van der Waals surface area (Å²) in [7, 11) is -2.14. The highest BCUT2D eigenvalue weighted by Crippen LogP contribution is 2.26. The first-order valence-corrected chi connectivity index (χ1v) is 12.4. The minimum absolute atomic E-state index is 0.149. The fourth-order valence-corrected chi connectivity index (χ4v) is 5.10. The van der Waals surface area contributed by atoms with Gasteiger partial charge < -0.3 is 15.4 Å². The number of amides is 2. The molecular weight excluding hydrogens is 464 g/mol. The van der Waals surface area contributed by atoms with E-state index in [9.17, 15) is 18.0 Å². The second-order valence-corrected chi connectivity index (χ2v) is 10.1. The van der Waals surface area contributed by atoms with Crippen LogP contribution in [0.25, 0.3) is 0 Å². The Morgan fingerprint density at radius 3 is 2.42 bits per heavy atom. The van der Waals surface area contributed by atoms with Crippen molar-refractivity contribution in [2.24, 2.45) is 0 Å². The van der Waals surface area contributed by atoms with Crippen molar-refractivity contribution in [2.45, 2.75) is 17.2 Å². The summed E-state index contributed by atoms with van der Waals surface area (Å²) in [6.45, 7) is 0.369. The Morgan fingerprint density at radius 2 is 1.76 bits per heavy atom. The van der Waals surface area contributed by atoms with Gasteiger partial charge in [0.2, 0.25) is 5.91 Å². The van der Waals surface area contributed by atoms with E-state index in [4.69, 9.17) is 4.74 Å². The second-order valence-electron chi connectivity index (χ2n) is 6.92. The Balaban J connectivity index is 1.38. The third-order valence-electron chi connectivity index (χ3n) is 4.59. The fourth-order valence-electron chi connectivity index (χ4n) is 2.74. The molecule has 0 aliphatic carbocycles. The van der Waals surface area contributed by atoms with Gasteiger partial charge >= 0.3 is 0 Å². The van der Waals surface area contributed by atoms with E-state index in [1.54, 1.807) is 54.2 Å². The maximum atomic E-state index is 12.6. The van der Waals surface area contributed by atoms with Crippen molar-refractivity contribution in [1.29, 1.82) is 0 Å². The van der Waals surface area contributed by atoms with Crippen LogP contribution in [0.3, 0.4) is 0 Å². The minimum Gasteiger partial charge on any atom is -0.484 e. The monoisotopic (exact) mass is 488 g/mol. The van der Waals surface area contributed by atoms with Gasteiger partial charge in [-0.25, -0.2) is 8.42 Å². The van der Waals surface area contributed by atoms with E-state index in [0.717, 1.165) is 16.9 Å². The first kappa shape index (κ1) is 24.2. The third-order valence-corrected chi connectivity index (χ3v) is 7.75. The number of carbonyl (C=O) groups is 2. The average molecular weight is 489 g/mol. The smallest absolute Gasteiger partial charge is 0.273 e. The van der Waals surface area contributed by atoms with Gasteiger partial charge in [-0.3, -0.25) is 18.9 Å². The predicted octanol–water partition coefficient (Wildman–Crippen LogP) is 2.17. The number of anilines is 1. The zero-order valence-corrected chi connectivity index (χ0v) is 19.6. The molecule has 0 atom stereocenters. The van der Waals surface area contributed by atoms with Crippen LogP contribution in [0.15, 0.2) is 70.5 Å². The molecule has 0 spiro atoms. The number of thiophene rings is 1. The summed E-state index contributed by atoms with van der Waals surface area (Å²) in [6.07, 6.45) is 3.46. The van der Waals surface area contributed by atoms with Crippen LogP contribution in [-0.2, 0) is 26.2 Å². The van der Waals surface area contributed by atoms with E-state index in [1.807, 2.05) is 12.1 Å². The van der Waals surface area contributed by atoms with Gasteiger partial charge in [0.1, 0.15) is 9.96 Å². The highest BCUT2D eigenvalue weighted by Gasteiger charge is 2.22. The van der Waals surface area contributed by atoms with Crippen LogP contribution in [0.2, 0.25) is 0 Å². The first-order valence-electron chi connectivity index (χ1n) is 10.0. The second kappa shape index (κ2) is 11.4. The Bertz CT molecular complexity index is 1150. The number of nitrogens with one attached hydrogen (secondary N) is 2. The lowest BCUT2D eigenvalue weighted by Crippen LogP contribution is -2.33. The molecule has 0 radical (unpaired) electrons. The number of carbonyl (C=O) groups excluding carboxylic acids is 2. The summed E-state index contributed by atoms with van der Waals surface area (Å²) in [5.74, 6) is -0.116. The van der Waals surface area contributed by atoms with Crippen LogP contribution >= 0.6 is 11.3 Å². The lowest BCUT2D eigenvalue weighted by Gasteiger charge is -2.18. The van der Waals surface area contributed by atoms with Gasteiger partial charge in [-0.05, 0) is 53.4 Å². The molecule has 2 amide bonds. The Morgan fingerprint density at radius 1 is 1.03 bits per heavy atom. The molecule has 0 fully saturated rings. The number of hydrogen-bond donors (Lipinski definition) is 2. The molecule has 33 heavy (non-hydrogen) atoms. The number of pyridine rings is 1. The average Bonchev–Trinajstić information content (AvgIpc) is 3.38. The number of aromatic nitrogens is 1. The SMILES string of the molecule is CN(c1ccc(OCC(=O)NCCC(=O)NCc2ccncc2)cc1)S(=O)(=O)c1cccs1. The summed E-state index contributed by atoms with van der Waals surface area (Å²) in [5, 5.41) is 7.10. The van der Waals surface area contributed by atoms with Crippen molar-refractivity contribution in [3.8, 4) is 5.75 Å². The van der Waals surface area contributed by atoms with Gasteiger partial charge in [0, 0.05) is 39.0 Å². The zero-order valence-electron chi connectivity index (χ0n) is 17.9. The quantitative estimate of drug-likeness (QED) is 0.427. The molecule has 0 aliphatic rings. The van der Waals surface area contributed by atoms with Crippen molar-refractivity contribution >= 4 is 38.9 Å². The number of rotatable bonds is 11. The summed E-state index contributed by atoms with van der Waals surface area (Å²) in [6, 6.07) is 13.3. The Labute approximate surface area is 196 Å². The normalized spacial score (nSPS) is 10.9. The van der Waals surface area contributed by atoms with E-state index in [-0.39, 0.29) is 35.6 Å². The number of benzene rings is 1. The van der Waals surface area contributed by atoms with Gasteiger partial charge in [0.05, 0.1) is 5.69 Å². The molecule has 0 unspecified atom stereocenters. The molecule has 0 bridgehead atoms. The van der Waals surface area contributed by atoms with Gasteiger partial charge in [-0.1, -0.05) is 6.07 Å². The van der Waals surface area contributed by atoms with Crippen molar-refractivity contribution < 1.29 is 22.7 Å². The van der Waals surface area contributed by atoms with Crippen molar-refractivity contribution in [1.82, 2.24) is 15.6 Å². The standard InChI is InChI=1S/C22H24N4O5S2/c1-26(33(29,30)22-3-2-14-32-22)18-4-6-19(7-5-18)31-16-21(28)24-13-10-20(27)25-15-17-8-11-23-12-9-17/h2-9,11-12,14H,10,13,15-16H2,1H3,(H,24,28)(H,25,27). The minimum atomic E-state index is -3.61. The molecule has 0 saturated carbocycles. The van der Waals surface area contributed by atoms with Crippen LogP contribution in [0.4, 0.5) is 5.69 Å². The topological polar surface area (TPSA) is 118 Å². The van der Waals surface area contributed by atoms with Gasteiger partial charge in [0.25, 0.3) is 15.9 Å². The molecule has 3 aromatic rings. The van der Waals surface area contributed by atoms with Crippen molar-refractivity contribution in [2.75, 3.05) is 24.5 Å². The molecule has 11 heteroatoms. The van der Waals surface area contributed by atoms with E-state index >= 15 is 0 Å².